The van der Waals surface area contributed by atoms with Crippen molar-refractivity contribution in [1.82, 2.24) is 30.2 Å². The van der Waals surface area contributed by atoms with Gasteiger partial charge in [0, 0.05) is 12.0 Å². The highest BCUT2D eigenvalue weighted by atomic mass is 16.6. The summed E-state index contributed by atoms with van der Waals surface area (Å²) in [4.78, 5) is 64.1. The van der Waals surface area contributed by atoms with Crippen LogP contribution < -0.4 is 16.0 Å². The van der Waals surface area contributed by atoms with Gasteiger partial charge >= 0.3 is 12.1 Å². The number of carboxylic acids is 1. The summed E-state index contributed by atoms with van der Waals surface area (Å²) in [5.41, 5.74) is 2.12. The first-order valence-electron chi connectivity index (χ1n) is 15.2. The number of hydrogen-bond acceptors (Lipinski definition) is 10. The fourth-order valence-electron chi connectivity index (χ4n) is 5.40. The number of aromatic nitrogens is 4. The van der Waals surface area contributed by atoms with Gasteiger partial charge in [0.1, 0.15) is 25.1 Å². The Kier molecular flexibility index (Phi) is 9.83. The molecule has 5 N–H and O–H groups in total. The van der Waals surface area contributed by atoms with E-state index in [1.165, 1.54) is 17.2 Å². The number of nitrogens with one attached hydrogen (secondary N) is 3. The number of carboxylic acid groups (broad SMARTS) is 1. The number of anilines is 1. The second kappa shape index (κ2) is 14.7. The second-order valence-corrected chi connectivity index (χ2v) is 11.1. The van der Waals surface area contributed by atoms with E-state index >= 15 is 0 Å². The number of aliphatic hydroxyl groups excluding tert-OH is 1. The first-order chi connectivity index (χ1) is 23.8. The zero-order valence-electron chi connectivity index (χ0n) is 25.7. The van der Waals surface area contributed by atoms with Crippen molar-refractivity contribution in [2.45, 2.75) is 43.5 Å². The number of fused-ring (bicyclic) bond motifs is 1. The standard InChI is InChI=1S/C34H31N7O8/c42-26-24(39-31(44)23(16-20-10-4-1-5-11-20)38-34(47)48-17-21-12-6-2-7-13-21)27(33(45)46)49-32(26)41-19-37-25-28(35-18-36-29(25)41)40-30(43)22-14-8-3-9-15-22/h1-15,18-19,23-24,26-27,32,42H,16-17H2,(H,38,47)(H,39,44)(H,45,46)(H,35,36,40,43)/t23-,24+,26-,27+,32-/m1/s1. The maximum atomic E-state index is 13.7. The van der Waals surface area contributed by atoms with Crippen LogP contribution in [-0.4, -0.2) is 77.9 Å². The van der Waals surface area contributed by atoms with Crippen molar-refractivity contribution < 1.29 is 38.9 Å². The number of aliphatic hydroxyl groups is 1. The van der Waals surface area contributed by atoms with Crippen LogP contribution in [0.25, 0.3) is 11.2 Å². The van der Waals surface area contributed by atoms with Crippen LogP contribution in [0.15, 0.2) is 104 Å². The van der Waals surface area contributed by atoms with Gasteiger partial charge in [0.05, 0.1) is 12.4 Å². The fraction of sp³-hybridized carbons (Fsp3) is 0.206. The van der Waals surface area contributed by atoms with Crippen LogP contribution in [0.3, 0.4) is 0 Å². The van der Waals surface area contributed by atoms with Gasteiger partial charge in [-0.25, -0.2) is 24.5 Å². The topological polar surface area (TPSA) is 207 Å². The molecule has 1 aliphatic heterocycles. The third kappa shape index (κ3) is 7.53. The molecule has 0 aliphatic carbocycles. The number of carbonyl (C=O) groups excluding carboxylic acids is 3. The third-order valence-electron chi connectivity index (χ3n) is 7.83. The molecule has 250 valence electrons. The monoisotopic (exact) mass is 665 g/mol. The van der Waals surface area contributed by atoms with E-state index in [0.29, 0.717) is 11.1 Å². The van der Waals surface area contributed by atoms with Crippen LogP contribution >= 0.6 is 0 Å². The zero-order valence-corrected chi connectivity index (χ0v) is 25.7. The molecule has 15 nitrogen and oxygen atoms in total. The van der Waals surface area contributed by atoms with Gasteiger partial charge in [0.15, 0.2) is 29.3 Å². The Balaban J connectivity index is 1.20. The molecule has 15 heteroatoms. The largest absolute Gasteiger partial charge is 0.479 e. The number of alkyl carbamates (subject to hydrolysis) is 1. The minimum atomic E-state index is -1.69. The summed E-state index contributed by atoms with van der Waals surface area (Å²) < 4.78 is 12.4. The third-order valence-corrected chi connectivity index (χ3v) is 7.83. The van der Waals surface area contributed by atoms with E-state index in [2.05, 4.69) is 30.9 Å². The second-order valence-electron chi connectivity index (χ2n) is 11.1. The van der Waals surface area contributed by atoms with Gasteiger partial charge in [0.2, 0.25) is 5.91 Å². The van der Waals surface area contributed by atoms with Crippen molar-refractivity contribution in [2.24, 2.45) is 0 Å². The van der Waals surface area contributed by atoms with Crippen LogP contribution in [-0.2, 0) is 32.1 Å². The maximum Gasteiger partial charge on any atom is 0.408 e. The SMILES string of the molecule is O=C(N[C@H](Cc1ccccc1)C(=O)N[C@H]1[C@@H](O)[C@H](n2cnc3c(NC(=O)c4ccccc4)ncnc32)O[C@@H]1C(=O)O)OCc1ccccc1. The van der Waals surface area contributed by atoms with Crippen molar-refractivity contribution in [3.05, 3.63) is 120 Å². The Morgan fingerprint density at radius 1 is 0.878 bits per heavy atom. The highest BCUT2D eigenvalue weighted by Gasteiger charge is 2.50. The lowest BCUT2D eigenvalue weighted by molar-refractivity contribution is -0.152. The summed E-state index contributed by atoms with van der Waals surface area (Å²) in [7, 11) is 0. The first kappa shape index (κ1) is 32.7. The number of amides is 3. The molecule has 0 spiro atoms. The Bertz CT molecular complexity index is 1940. The summed E-state index contributed by atoms with van der Waals surface area (Å²) in [6, 6.07) is 23.7. The molecule has 3 heterocycles. The molecule has 49 heavy (non-hydrogen) atoms. The number of ether oxygens (including phenoxy) is 2. The molecular weight excluding hydrogens is 634 g/mol. The van der Waals surface area contributed by atoms with Crippen molar-refractivity contribution in [2.75, 3.05) is 5.32 Å². The van der Waals surface area contributed by atoms with Crippen LogP contribution in [0.4, 0.5) is 10.6 Å². The maximum absolute atomic E-state index is 13.7. The van der Waals surface area contributed by atoms with Crippen molar-refractivity contribution >= 4 is 40.9 Å². The van der Waals surface area contributed by atoms with E-state index in [1.54, 1.807) is 84.9 Å². The highest BCUT2D eigenvalue weighted by Crippen LogP contribution is 2.33. The fourth-order valence-corrected chi connectivity index (χ4v) is 5.40. The van der Waals surface area contributed by atoms with Gasteiger partial charge in [-0.15, -0.1) is 0 Å². The molecule has 0 bridgehead atoms. The molecule has 3 aromatic carbocycles. The summed E-state index contributed by atoms with van der Waals surface area (Å²) >= 11 is 0. The normalized spacial score (nSPS) is 19.1. The van der Waals surface area contributed by atoms with Gasteiger partial charge < -0.3 is 35.6 Å². The number of hydrogen-bond donors (Lipinski definition) is 5. The number of rotatable bonds is 11. The average molecular weight is 666 g/mol. The Labute approximate surface area is 278 Å². The van der Waals surface area contributed by atoms with Gasteiger partial charge in [-0.3, -0.25) is 14.2 Å². The van der Waals surface area contributed by atoms with Crippen LogP contribution in [0.1, 0.15) is 27.7 Å². The van der Waals surface area contributed by atoms with E-state index in [0.717, 1.165) is 5.56 Å². The van der Waals surface area contributed by atoms with Crippen LogP contribution in [0.5, 0.6) is 0 Å². The molecular formula is C34H31N7O8. The number of imidazole rings is 1. The summed E-state index contributed by atoms with van der Waals surface area (Å²) in [5.74, 6) is -2.58. The van der Waals surface area contributed by atoms with E-state index in [9.17, 15) is 29.4 Å². The lowest BCUT2D eigenvalue weighted by Gasteiger charge is -2.24. The minimum absolute atomic E-state index is 0.0373. The van der Waals surface area contributed by atoms with Gasteiger partial charge in [-0.05, 0) is 23.3 Å². The Morgan fingerprint density at radius 2 is 1.53 bits per heavy atom. The molecule has 1 aliphatic rings. The lowest BCUT2D eigenvalue weighted by atomic mass is 10.0. The van der Waals surface area contributed by atoms with E-state index < -0.39 is 54.4 Å². The van der Waals surface area contributed by atoms with Crippen LogP contribution in [0.2, 0.25) is 0 Å². The Hall–Kier alpha value is -6.19. The molecule has 3 amide bonds. The van der Waals surface area contributed by atoms with E-state index in [1.807, 2.05) is 6.07 Å². The van der Waals surface area contributed by atoms with Gasteiger partial charge in [-0.2, -0.15) is 0 Å². The Morgan fingerprint density at radius 3 is 2.20 bits per heavy atom. The first-order valence-corrected chi connectivity index (χ1v) is 15.2. The number of benzene rings is 3. The zero-order chi connectivity index (χ0) is 34.3. The summed E-state index contributed by atoms with van der Waals surface area (Å²) in [6.07, 6.45) is -3.05. The van der Waals surface area contributed by atoms with Crippen molar-refractivity contribution in [1.29, 1.82) is 0 Å². The van der Waals surface area contributed by atoms with Crippen molar-refractivity contribution in [3.63, 3.8) is 0 Å². The molecule has 5 aromatic rings. The molecule has 2 aromatic heterocycles. The van der Waals surface area contributed by atoms with E-state index in [4.69, 9.17) is 9.47 Å². The predicted molar refractivity (Wildman–Crippen MR) is 173 cm³/mol. The van der Waals surface area contributed by atoms with Crippen LogP contribution in [0, 0.1) is 0 Å². The highest BCUT2D eigenvalue weighted by molar-refractivity contribution is 6.06. The van der Waals surface area contributed by atoms with Gasteiger partial charge in [-0.1, -0.05) is 78.9 Å². The molecule has 5 atom stereocenters. The summed E-state index contributed by atoms with van der Waals surface area (Å²) in [6.45, 7) is -0.0373. The van der Waals surface area contributed by atoms with E-state index in [-0.39, 0.29) is 30.0 Å². The predicted octanol–water partition coefficient (Wildman–Crippen LogP) is 2.44. The number of carbonyl (C=O) groups is 4. The quantitative estimate of drug-likeness (QED) is 0.138. The molecule has 1 saturated heterocycles. The van der Waals surface area contributed by atoms with Crippen molar-refractivity contribution in [3.8, 4) is 0 Å². The molecule has 0 radical (unpaired) electrons. The molecule has 0 saturated carbocycles. The average Bonchev–Trinajstić information content (AvgIpc) is 3.69. The lowest BCUT2D eigenvalue weighted by Crippen LogP contribution is -2.56. The molecule has 6 rings (SSSR count). The van der Waals surface area contributed by atoms with Gasteiger partial charge in [0.25, 0.3) is 5.91 Å². The smallest absolute Gasteiger partial charge is 0.408 e. The molecule has 0 unspecified atom stereocenters. The minimum Gasteiger partial charge on any atom is -0.479 e. The summed E-state index contributed by atoms with van der Waals surface area (Å²) in [5, 5.41) is 29.2. The number of aliphatic carboxylic acids is 1. The molecule has 1 fully saturated rings. The number of nitrogens with zero attached hydrogens (tertiary/aromatic N) is 4.